The van der Waals surface area contributed by atoms with Gasteiger partial charge >= 0.3 is 0 Å². The van der Waals surface area contributed by atoms with E-state index in [1.807, 2.05) is 6.92 Å². The van der Waals surface area contributed by atoms with Crippen LogP contribution in [0.5, 0.6) is 0 Å². The molecule has 1 aliphatic heterocycles. The molecule has 20 heavy (non-hydrogen) atoms. The number of nitrogens with zero attached hydrogens (tertiary/aromatic N) is 2. The molecule has 0 saturated carbocycles. The molecule has 1 atom stereocenters. The molecule has 0 aromatic carbocycles. The molecule has 1 unspecified atom stereocenters. The molecule has 0 spiro atoms. The second-order valence-electron chi connectivity index (χ2n) is 4.65. The van der Waals surface area contributed by atoms with Gasteiger partial charge in [-0.1, -0.05) is 11.8 Å². The first kappa shape index (κ1) is 14.5. The fourth-order valence-corrected chi connectivity index (χ4v) is 2.14. The Labute approximate surface area is 118 Å². The number of hydrogen-bond acceptors (Lipinski definition) is 4. The molecule has 5 nitrogen and oxygen atoms in total. The van der Waals surface area contributed by atoms with Gasteiger partial charge in [0, 0.05) is 25.9 Å². The number of aliphatic hydroxyl groups excluding tert-OH is 1. The van der Waals surface area contributed by atoms with Gasteiger partial charge in [-0.2, -0.15) is 0 Å². The predicted octanol–water partition coefficient (Wildman–Crippen LogP) is 0.676. The summed E-state index contributed by atoms with van der Waals surface area (Å²) in [5.41, 5.74) is 0.881. The summed E-state index contributed by atoms with van der Waals surface area (Å²) in [5, 5.41) is 8.77. The molecule has 1 aromatic rings. The smallest absolute Gasteiger partial charge is 0.273 e. The van der Waals surface area contributed by atoms with Crippen LogP contribution in [0.2, 0.25) is 0 Å². The summed E-state index contributed by atoms with van der Waals surface area (Å²) in [4.78, 5) is 18.5. The van der Waals surface area contributed by atoms with Gasteiger partial charge in [0.1, 0.15) is 12.3 Å². The van der Waals surface area contributed by atoms with Crippen molar-refractivity contribution in [2.75, 3.05) is 26.3 Å². The number of rotatable bonds is 1. The van der Waals surface area contributed by atoms with Gasteiger partial charge < -0.3 is 14.7 Å². The SMILES string of the molecule is CC1CN(C(=O)c2ncccc2C#CCO)CCCO1. The van der Waals surface area contributed by atoms with E-state index in [0.717, 1.165) is 6.42 Å². The molecule has 0 aliphatic carbocycles. The maximum Gasteiger partial charge on any atom is 0.273 e. The second-order valence-corrected chi connectivity index (χ2v) is 4.65. The lowest BCUT2D eigenvalue weighted by atomic mass is 10.1. The minimum atomic E-state index is -0.239. The van der Waals surface area contributed by atoms with Crippen molar-refractivity contribution in [1.29, 1.82) is 0 Å². The van der Waals surface area contributed by atoms with Crippen molar-refractivity contribution in [2.45, 2.75) is 19.4 Å². The first-order valence-corrected chi connectivity index (χ1v) is 6.68. The highest BCUT2D eigenvalue weighted by molar-refractivity contribution is 5.94. The van der Waals surface area contributed by atoms with E-state index in [2.05, 4.69) is 16.8 Å². The normalized spacial score (nSPS) is 18.9. The lowest BCUT2D eigenvalue weighted by Gasteiger charge is -2.22. The van der Waals surface area contributed by atoms with Crippen LogP contribution in [0.15, 0.2) is 18.3 Å². The predicted molar refractivity (Wildman–Crippen MR) is 74.1 cm³/mol. The summed E-state index contributed by atoms with van der Waals surface area (Å²) in [6.07, 6.45) is 2.42. The largest absolute Gasteiger partial charge is 0.384 e. The zero-order valence-corrected chi connectivity index (χ0v) is 11.5. The van der Waals surface area contributed by atoms with E-state index in [4.69, 9.17) is 9.84 Å². The lowest BCUT2D eigenvalue weighted by molar-refractivity contribution is 0.0559. The number of hydrogen-bond donors (Lipinski definition) is 1. The molecular formula is C15H18N2O3. The van der Waals surface area contributed by atoms with Gasteiger partial charge in [0.05, 0.1) is 11.7 Å². The van der Waals surface area contributed by atoms with Crippen LogP contribution in [-0.2, 0) is 4.74 Å². The zero-order chi connectivity index (χ0) is 14.4. The Kier molecular flexibility index (Phi) is 5.10. The van der Waals surface area contributed by atoms with E-state index in [0.29, 0.717) is 31.0 Å². The summed E-state index contributed by atoms with van der Waals surface area (Å²) in [6.45, 7) is 3.60. The fraction of sp³-hybridized carbons (Fsp3) is 0.467. The van der Waals surface area contributed by atoms with Crippen molar-refractivity contribution in [2.24, 2.45) is 0 Å². The Morgan fingerprint density at radius 2 is 2.50 bits per heavy atom. The van der Waals surface area contributed by atoms with E-state index in [1.165, 1.54) is 0 Å². The van der Waals surface area contributed by atoms with E-state index in [-0.39, 0.29) is 18.6 Å². The summed E-state index contributed by atoms with van der Waals surface area (Å²) in [6, 6.07) is 3.47. The molecule has 5 heteroatoms. The molecule has 1 aromatic heterocycles. The van der Waals surface area contributed by atoms with Crippen LogP contribution in [0.1, 0.15) is 29.4 Å². The Morgan fingerprint density at radius 1 is 1.65 bits per heavy atom. The molecule has 1 N–H and O–H groups in total. The molecule has 2 rings (SSSR count). The summed E-state index contributed by atoms with van der Waals surface area (Å²) < 4.78 is 5.54. The Bertz CT molecular complexity index is 533. The number of carbonyl (C=O) groups excluding carboxylic acids is 1. The Balaban J connectivity index is 2.23. The third-order valence-electron chi connectivity index (χ3n) is 3.05. The fourth-order valence-electron chi connectivity index (χ4n) is 2.14. The summed E-state index contributed by atoms with van der Waals surface area (Å²) in [5.74, 6) is 5.19. The average molecular weight is 274 g/mol. The Morgan fingerprint density at radius 3 is 3.30 bits per heavy atom. The molecule has 0 bridgehead atoms. The minimum absolute atomic E-state index is 0.0251. The van der Waals surface area contributed by atoms with Crippen molar-refractivity contribution in [3.8, 4) is 11.8 Å². The molecule has 1 amide bonds. The van der Waals surface area contributed by atoms with Gasteiger partial charge in [-0.25, -0.2) is 4.98 Å². The van der Waals surface area contributed by atoms with Gasteiger partial charge in [-0.3, -0.25) is 4.79 Å². The first-order valence-electron chi connectivity index (χ1n) is 6.68. The zero-order valence-electron chi connectivity index (χ0n) is 11.5. The highest BCUT2D eigenvalue weighted by Crippen LogP contribution is 2.12. The van der Waals surface area contributed by atoms with Crippen LogP contribution >= 0.6 is 0 Å². The molecule has 1 aliphatic rings. The highest BCUT2D eigenvalue weighted by atomic mass is 16.5. The van der Waals surface area contributed by atoms with E-state index >= 15 is 0 Å². The van der Waals surface area contributed by atoms with Gasteiger partial charge in [-0.15, -0.1) is 0 Å². The van der Waals surface area contributed by atoms with Crippen LogP contribution in [0, 0.1) is 11.8 Å². The van der Waals surface area contributed by atoms with E-state index < -0.39 is 0 Å². The van der Waals surface area contributed by atoms with Gasteiger partial charge in [0.25, 0.3) is 5.91 Å². The minimum Gasteiger partial charge on any atom is -0.384 e. The van der Waals surface area contributed by atoms with Crippen LogP contribution in [-0.4, -0.2) is 53.3 Å². The first-order chi connectivity index (χ1) is 9.72. The van der Waals surface area contributed by atoms with E-state index in [9.17, 15) is 4.79 Å². The van der Waals surface area contributed by atoms with Crippen LogP contribution in [0.3, 0.4) is 0 Å². The van der Waals surface area contributed by atoms with Crippen molar-refractivity contribution in [1.82, 2.24) is 9.88 Å². The van der Waals surface area contributed by atoms with Crippen molar-refractivity contribution >= 4 is 5.91 Å². The maximum absolute atomic E-state index is 12.6. The molecular weight excluding hydrogens is 256 g/mol. The Hall–Kier alpha value is -1.90. The average Bonchev–Trinajstić information content (AvgIpc) is 2.69. The van der Waals surface area contributed by atoms with Crippen LogP contribution < -0.4 is 0 Å². The molecule has 2 heterocycles. The monoisotopic (exact) mass is 274 g/mol. The lowest BCUT2D eigenvalue weighted by Crippen LogP contribution is -2.36. The van der Waals surface area contributed by atoms with Gasteiger partial charge in [0.2, 0.25) is 0 Å². The van der Waals surface area contributed by atoms with Gasteiger partial charge in [-0.05, 0) is 25.5 Å². The summed E-state index contributed by atoms with van der Waals surface area (Å²) >= 11 is 0. The molecule has 0 radical (unpaired) electrons. The topological polar surface area (TPSA) is 62.7 Å². The van der Waals surface area contributed by atoms with Crippen LogP contribution in [0.4, 0.5) is 0 Å². The molecule has 1 saturated heterocycles. The quantitative estimate of drug-likeness (QED) is 0.765. The van der Waals surface area contributed by atoms with Crippen LogP contribution in [0.25, 0.3) is 0 Å². The highest BCUT2D eigenvalue weighted by Gasteiger charge is 2.23. The third kappa shape index (κ3) is 3.56. The molecule has 106 valence electrons. The summed E-state index contributed by atoms with van der Waals surface area (Å²) in [7, 11) is 0. The third-order valence-corrected chi connectivity index (χ3v) is 3.05. The maximum atomic E-state index is 12.6. The van der Waals surface area contributed by atoms with Crippen molar-refractivity contribution in [3.63, 3.8) is 0 Å². The standard InChI is InChI=1S/C15H18N2O3/c1-12-11-17(8-4-10-20-12)15(19)14-13(6-3-9-18)5-2-7-16-14/h2,5,7,12,18H,4,8-11H2,1H3. The number of ether oxygens (including phenoxy) is 1. The van der Waals surface area contributed by atoms with Crippen molar-refractivity contribution in [3.05, 3.63) is 29.6 Å². The molecule has 1 fully saturated rings. The number of aromatic nitrogens is 1. The van der Waals surface area contributed by atoms with Crippen molar-refractivity contribution < 1.29 is 14.6 Å². The number of carbonyl (C=O) groups is 1. The van der Waals surface area contributed by atoms with Gasteiger partial charge in [0.15, 0.2) is 0 Å². The number of pyridine rings is 1. The van der Waals surface area contributed by atoms with E-state index in [1.54, 1.807) is 23.2 Å². The number of amides is 1. The number of aliphatic hydroxyl groups is 1. The second kappa shape index (κ2) is 7.04.